The van der Waals surface area contributed by atoms with E-state index in [0.717, 1.165) is 29.7 Å². The molecular weight excluding hydrogens is 270 g/mol. The minimum Gasteiger partial charge on any atom is -0.491 e. The lowest BCUT2D eigenvalue weighted by atomic mass is 10.3. The van der Waals surface area contributed by atoms with Crippen molar-refractivity contribution >= 4 is 15.9 Å². The summed E-state index contributed by atoms with van der Waals surface area (Å²) >= 11 is 3.41. The first-order chi connectivity index (χ1) is 7.84. The highest BCUT2D eigenvalue weighted by Crippen LogP contribution is 2.17. The van der Waals surface area contributed by atoms with Crippen LogP contribution in [0.2, 0.25) is 0 Å². The Balaban J connectivity index is 1.64. The summed E-state index contributed by atoms with van der Waals surface area (Å²) in [5.41, 5.74) is 0. The van der Waals surface area contributed by atoms with Gasteiger partial charge in [0.25, 0.3) is 0 Å². The van der Waals surface area contributed by atoms with Crippen molar-refractivity contribution in [1.29, 1.82) is 0 Å². The summed E-state index contributed by atoms with van der Waals surface area (Å²) in [6, 6.07) is 7.84. The van der Waals surface area contributed by atoms with Crippen LogP contribution in [0.25, 0.3) is 0 Å². The van der Waals surface area contributed by atoms with E-state index in [1.807, 2.05) is 24.3 Å². The van der Waals surface area contributed by atoms with Crippen LogP contribution in [0, 0.1) is 0 Å². The summed E-state index contributed by atoms with van der Waals surface area (Å²) < 4.78 is 12.3. The first-order valence-corrected chi connectivity index (χ1v) is 6.34. The van der Waals surface area contributed by atoms with Gasteiger partial charge in [0.05, 0.1) is 12.7 Å². The first kappa shape index (κ1) is 11.9. The number of ether oxygens (including phenoxy) is 2. The zero-order chi connectivity index (χ0) is 11.2. The molecular formula is C12H16BrNO2. The molecule has 1 N–H and O–H groups in total. The standard InChI is InChI=1S/C12H16BrNO2/c13-10-2-1-3-11(8-10)15-6-7-16-12-4-5-14-9-12/h1-3,8,12,14H,4-7,9H2. The highest BCUT2D eigenvalue weighted by atomic mass is 79.9. The predicted octanol–water partition coefficient (Wildman–Crippen LogP) is 2.21. The molecule has 0 amide bonds. The van der Waals surface area contributed by atoms with Crippen molar-refractivity contribution in [3.63, 3.8) is 0 Å². The largest absolute Gasteiger partial charge is 0.491 e. The summed E-state index contributed by atoms with van der Waals surface area (Å²) in [7, 11) is 0. The van der Waals surface area contributed by atoms with E-state index in [4.69, 9.17) is 9.47 Å². The fourth-order valence-electron chi connectivity index (χ4n) is 1.70. The van der Waals surface area contributed by atoms with Gasteiger partial charge >= 0.3 is 0 Å². The van der Waals surface area contributed by atoms with Crippen molar-refractivity contribution in [2.75, 3.05) is 26.3 Å². The molecule has 0 bridgehead atoms. The predicted molar refractivity (Wildman–Crippen MR) is 66.9 cm³/mol. The Morgan fingerprint density at radius 2 is 2.31 bits per heavy atom. The molecule has 88 valence electrons. The monoisotopic (exact) mass is 285 g/mol. The maximum atomic E-state index is 5.66. The lowest BCUT2D eigenvalue weighted by Crippen LogP contribution is -2.19. The second-order valence-electron chi connectivity index (χ2n) is 3.79. The molecule has 2 rings (SSSR count). The number of hydrogen-bond acceptors (Lipinski definition) is 3. The topological polar surface area (TPSA) is 30.5 Å². The van der Waals surface area contributed by atoms with Gasteiger partial charge < -0.3 is 14.8 Å². The van der Waals surface area contributed by atoms with Crippen LogP contribution in [0.4, 0.5) is 0 Å². The van der Waals surface area contributed by atoms with Crippen LogP contribution in [-0.2, 0) is 4.74 Å². The van der Waals surface area contributed by atoms with E-state index in [1.54, 1.807) is 0 Å². The Hall–Kier alpha value is -0.580. The fourth-order valence-corrected chi connectivity index (χ4v) is 2.08. The Morgan fingerprint density at radius 1 is 1.38 bits per heavy atom. The molecule has 1 aromatic rings. The maximum Gasteiger partial charge on any atom is 0.120 e. The number of hydrogen-bond donors (Lipinski definition) is 1. The third-order valence-corrected chi connectivity index (χ3v) is 3.01. The molecule has 3 nitrogen and oxygen atoms in total. The molecule has 1 atom stereocenters. The summed E-state index contributed by atoms with van der Waals surface area (Å²) in [6.07, 6.45) is 1.47. The number of nitrogens with one attached hydrogen (secondary N) is 1. The maximum absolute atomic E-state index is 5.66. The van der Waals surface area contributed by atoms with Crippen LogP contribution in [0.15, 0.2) is 28.7 Å². The molecule has 0 spiro atoms. The third-order valence-electron chi connectivity index (χ3n) is 2.52. The van der Waals surface area contributed by atoms with E-state index in [2.05, 4.69) is 21.2 Å². The number of benzene rings is 1. The van der Waals surface area contributed by atoms with Gasteiger partial charge in [0.2, 0.25) is 0 Å². The van der Waals surface area contributed by atoms with Crippen LogP contribution in [0.3, 0.4) is 0 Å². The third kappa shape index (κ3) is 3.77. The van der Waals surface area contributed by atoms with Crippen molar-refractivity contribution in [3.05, 3.63) is 28.7 Å². The molecule has 0 aliphatic carbocycles. The van der Waals surface area contributed by atoms with E-state index < -0.39 is 0 Å². The van der Waals surface area contributed by atoms with E-state index in [1.165, 1.54) is 0 Å². The van der Waals surface area contributed by atoms with Crippen molar-refractivity contribution in [1.82, 2.24) is 5.32 Å². The molecule has 1 unspecified atom stereocenters. The number of halogens is 1. The smallest absolute Gasteiger partial charge is 0.120 e. The molecule has 16 heavy (non-hydrogen) atoms. The lowest BCUT2D eigenvalue weighted by Gasteiger charge is -2.11. The second kappa shape index (κ2) is 6.23. The van der Waals surface area contributed by atoms with Gasteiger partial charge in [0.1, 0.15) is 12.4 Å². The molecule has 1 saturated heterocycles. The lowest BCUT2D eigenvalue weighted by molar-refractivity contribution is 0.0455. The highest BCUT2D eigenvalue weighted by Gasteiger charge is 2.13. The molecule has 0 aromatic heterocycles. The summed E-state index contributed by atoms with van der Waals surface area (Å²) in [4.78, 5) is 0. The van der Waals surface area contributed by atoms with Gasteiger partial charge in [-0.25, -0.2) is 0 Å². The fraction of sp³-hybridized carbons (Fsp3) is 0.500. The van der Waals surface area contributed by atoms with Crippen LogP contribution in [0.1, 0.15) is 6.42 Å². The molecule has 1 aliphatic heterocycles. The van der Waals surface area contributed by atoms with Gasteiger partial charge in [0.15, 0.2) is 0 Å². The highest BCUT2D eigenvalue weighted by molar-refractivity contribution is 9.10. The Labute approximate surface area is 104 Å². The summed E-state index contributed by atoms with van der Waals surface area (Å²) in [6.45, 7) is 3.29. The van der Waals surface area contributed by atoms with Crippen LogP contribution >= 0.6 is 15.9 Å². The zero-order valence-corrected chi connectivity index (χ0v) is 10.7. The van der Waals surface area contributed by atoms with Gasteiger partial charge in [-0.1, -0.05) is 22.0 Å². The van der Waals surface area contributed by atoms with Crippen molar-refractivity contribution < 1.29 is 9.47 Å². The molecule has 0 radical (unpaired) electrons. The number of rotatable bonds is 5. The molecule has 1 heterocycles. The van der Waals surface area contributed by atoms with Gasteiger partial charge in [0, 0.05) is 11.0 Å². The van der Waals surface area contributed by atoms with Crippen LogP contribution in [-0.4, -0.2) is 32.4 Å². The average Bonchev–Trinajstić information content (AvgIpc) is 2.77. The quantitative estimate of drug-likeness (QED) is 0.842. The minimum atomic E-state index is 0.367. The van der Waals surface area contributed by atoms with E-state index in [-0.39, 0.29) is 0 Å². The van der Waals surface area contributed by atoms with Crippen molar-refractivity contribution in [2.45, 2.75) is 12.5 Å². The average molecular weight is 286 g/mol. The van der Waals surface area contributed by atoms with Gasteiger partial charge in [-0.15, -0.1) is 0 Å². The summed E-state index contributed by atoms with van der Waals surface area (Å²) in [5.74, 6) is 0.877. The Kier molecular flexibility index (Phi) is 4.63. The molecule has 1 aromatic carbocycles. The Bertz CT molecular complexity index is 327. The van der Waals surface area contributed by atoms with E-state index in [9.17, 15) is 0 Å². The zero-order valence-electron chi connectivity index (χ0n) is 9.12. The van der Waals surface area contributed by atoms with Crippen LogP contribution < -0.4 is 10.1 Å². The molecule has 1 fully saturated rings. The first-order valence-electron chi connectivity index (χ1n) is 5.55. The van der Waals surface area contributed by atoms with Crippen LogP contribution in [0.5, 0.6) is 5.75 Å². The van der Waals surface area contributed by atoms with E-state index in [0.29, 0.717) is 19.3 Å². The Morgan fingerprint density at radius 3 is 3.06 bits per heavy atom. The normalized spacial score (nSPS) is 19.9. The van der Waals surface area contributed by atoms with E-state index >= 15 is 0 Å². The SMILES string of the molecule is Brc1cccc(OCCOC2CCNC2)c1. The minimum absolute atomic E-state index is 0.367. The van der Waals surface area contributed by atoms with Gasteiger partial charge in [-0.3, -0.25) is 0 Å². The molecule has 1 aliphatic rings. The van der Waals surface area contributed by atoms with Crippen molar-refractivity contribution in [3.8, 4) is 5.75 Å². The van der Waals surface area contributed by atoms with Crippen molar-refractivity contribution in [2.24, 2.45) is 0 Å². The van der Waals surface area contributed by atoms with Gasteiger partial charge in [-0.2, -0.15) is 0 Å². The molecule has 4 heteroatoms. The van der Waals surface area contributed by atoms with Gasteiger partial charge in [-0.05, 0) is 31.2 Å². The second-order valence-corrected chi connectivity index (χ2v) is 4.71. The summed E-state index contributed by atoms with van der Waals surface area (Å²) in [5, 5.41) is 3.27. The molecule has 0 saturated carbocycles.